The van der Waals surface area contributed by atoms with Gasteiger partial charge in [0.25, 0.3) is 5.56 Å². The number of nitrogens with zero attached hydrogens (tertiary/aromatic N) is 2. The third-order valence-corrected chi connectivity index (χ3v) is 5.23. The molecule has 2 aromatic rings. The zero-order valence-electron chi connectivity index (χ0n) is 15.8. The number of carbonyl (C=O) groups excluding carboxylic acids is 1. The van der Waals surface area contributed by atoms with E-state index >= 15 is 0 Å². The van der Waals surface area contributed by atoms with Gasteiger partial charge in [0.2, 0.25) is 5.91 Å². The molecule has 0 radical (unpaired) electrons. The van der Waals surface area contributed by atoms with Crippen LogP contribution in [0.25, 0.3) is 0 Å². The summed E-state index contributed by atoms with van der Waals surface area (Å²) < 4.78 is 1.38. The number of aromatic nitrogens is 2. The van der Waals surface area contributed by atoms with Crippen LogP contribution in [0.5, 0.6) is 0 Å². The molecule has 6 heteroatoms. The molecule has 0 saturated heterocycles. The van der Waals surface area contributed by atoms with E-state index in [1.807, 2.05) is 11.0 Å². The standard InChI is InChI=1S/C21H27N3O3/c1-16-6-5-7-17(14-16)15-24(18-8-3-2-4-9-18)20(26)11-13-23-12-10-19(25)22-21(23)27/h5-7,10,12,14,18H,2-4,8-9,11,13,15H2,1H3,(H,22,25,27). The van der Waals surface area contributed by atoms with E-state index in [2.05, 4.69) is 30.1 Å². The van der Waals surface area contributed by atoms with E-state index in [1.165, 1.54) is 28.8 Å². The van der Waals surface area contributed by atoms with Crippen LogP contribution in [-0.2, 0) is 17.9 Å². The minimum absolute atomic E-state index is 0.0570. The maximum Gasteiger partial charge on any atom is 0.328 e. The van der Waals surface area contributed by atoms with Gasteiger partial charge in [0.05, 0.1) is 0 Å². The molecular formula is C21H27N3O3. The van der Waals surface area contributed by atoms with Gasteiger partial charge in [-0.1, -0.05) is 49.1 Å². The lowest BCUT2D eigenvalue weighted by Crippen LogP contribution is -2.41. The molecule has 27 heavy (non-hydrogen) atoms. The van der Waals surface area contributed by atoms with E-state index in [0.29, 0.717) is 6.54 Å². The molecule has 6 nitrogen and oxygen atoms in total. The number of carbonyl (C=O) groups is 1. The normalized spacial score (nSPS) is 14.9. The molecule has 1 N–H and O–H groups in total. The number of rotatable bonds is 6. The van der Waals surface area contributed by atoms with Crippen LogP contribution in [0.15, 0.2) is 46.1 Å². The van der Waals surface area contributed by atoms with Gasteiger partial charge >= 0.3 is 5.69 Å². The number of aromatic amines is 1. The van der Waals surface area contributed by atoms with Gasteiger partial charge in [0.15, 0.2) is 0 Å². The van der Waals surface area contributed by atoms with Gasteiger partial charge in [0.1, 0.15) is 0 Å². The smallest absolute Gasteiger partial charge is 0.328 e. The Hall–Kier alpha value is -2.63. The van der Waals surface area contributed by atoms with Crippen LogP contribution in [0.3, 0.4) is 0 Å². The average Bonchev–Trinajstić information content (AvgIpc) is 2.66. The molecule has 1 aliphatic rings. The molecule has 144 valence electrons. The van der Waals surface area contributed by atoms with Crippen LogP contribution in [0, 0.1) is 6.92 Å². The van der Waals surface area contributed by atoms with Gasteiger partial charge in [-0.05, 0) is 25.3 Å². The quantitative estimate of drug-likeness (QED) is 0.850. The van der Waals surface area contributed by atoms with Crippen molar-refractivity contribution in [1.82, 2.24) is 14.5 Å². The Balaban J connectivity index is 1.73. The number of hydrogen-bond acceptors (Lipinski definition) is 3. The second kappa shape index (κ2) is 8.84. The minimum atomic E-state index is -0.474. The predicted molar refractivity (Wildman–Crippen MR) is 105 cm³/mol. The largest absolute Gasteiger partial charge is 0.335 e. The van der Waals surface area contributed by atoms with Gasteiger partial charge < -0.3 is 9.47 Å². The molecule has 1 saturated carbocycles. The van der Waals surface area contributed by atoms with Gasteiger partial charge in [-0.2, -0.15) is 0 Å². The van der Waals surface area contributed by atoms with Crippen LogP contribution < -0.4 is 11.2 Å². The number of H-pyrrole nitrogens is 1. The summed E-state index contributed by atoms with van der Waals surface area (Å²) in [4.78, 5) is 40.3. The highest BCUT2D eigenvalue weighted by molar-refractivity contribution is 5.76. The molecule has 1 amide bonds. The summed E-state index contributed by atoms with van der Waals surface area (Å²) in [5, 5.41) is 0. The average molecular weight is 369 g/mol. The predicted octanol–water partition coefficient (Wildman–Crippen LogP) is 2.60. The van der Waals surface area contributed by atoms with Crippen LogP contribution in [0.2, 0.25) is 0 Å². The van der Waals surface area contributed by atoms with Crippen molar-refractivity contribution in [2.45, 2.75) is 64.6 Å². The first-order valence-corrected chi connectivity index (χ1v) is 9.68. The fraction of sp³-hybridized carbons (Fsp3) is 0.476. The molecule has 3 rings (SSSR count). The molecule has 0 atom stereocenters. The summed E-state index contributed by atoms with van der Waals surface area (Å²) in [5.41, 5.74) is 1.42. The van der Waals surface area contributed by atoms with E-state index in [9.17, 15) is 14.4 Å². The molecule has 1 aromatic carbocycles. The fourth-order valence-electron chi connectivity index (χ4n) is 3.80. The summed E-state index contributed by atoms with van der Waals surface area (Å²) in [6, 6.07) is 9.82. The van der Waals surface area contributed by atoms with Gasteiger partial charge in [-0.25, -0.2) is 4.79 Å². The molecule has 1 fully saturated rings. The number of aryl methyl sites for hydroxylation is 2. The van der Waals surface area contributed by atoms with E-state index in [-0.39, 0.29) is 24.9 Å². The first-order chi connectivity index (χ1) is 13.0. The van der Waals surface area contributed by atoms with Crippen molar-refractivity contribution in [3.8, 4) is 0 Å². The minimum Gasteiger partial charge on any atom is -0.335 e. The van der Waals surface area contributed by atoms with Crippen LogP contribution >= 0.6 is 0 Å². The van der Waals surface area contributed by atoms with E-state index in [1.54, 1.807) is 0 Å². The van der Waals surface area contributed by atoms with Crippen LogP contribution in [-0.4, -0.2) is 26.4 Å². The Morgan fingerprint density at radius 1 is 1.19 bits per heavy atom. The van der Waals surface area contributed by atoms with Crippen molar-refractivity contribution in [2.24, 2.45) is 0 Å². The number of hydrogen-bond donors (Lipinski definition) is 1. The Bertz CT molecular complexity index is 894. The van der Waals surface area contributed by atoms with Crippen LogP contribution in [0.1, 0.15) is 49.7 Å². The lowest BCUT2D eigenvalue weighted by molar-refractivity contribution is -0.135. The van der Waals surface area contributed by atoms with Crippen LogP contribution in [0.4, 0.5) is 0 Å². The lowest BCUT2D eigenvalue weighted by atomic mass is 9.93. The molecule has 1 aliphatic carbocycles. The summed E-state index contributed by atoms with van der Waals surface area (Å²) in [6.07, 6.45) is 7.31. The first kappa shape index (κ1) is 19.1. The second-order valence-corrected chi connectivity index (χ2v) is 7.36. The summed E-state index contributed by atoms with van der Waals surface area (Å²) >= 11 is 0. The van der Waals surface area contributed by atoms with E-state index in [0.717, 1.165) is 31.2 Å². The lowest BCUT2D eigenvalue weighted by Gasteiger charge is -2.35. The van der Waals surface area contributed by atoms with Crippen molar-refractivity contribution in [3.05, 3.63) is 68.5 Å². The Morgan fingerprint density at radius 2 is 1.96 bits per heavy atom. The topological polar surface area (TPSA) is 75.2 Å². The molecule has 1 aromatic heterocycles. The highest BCUT2D eigenvalue weighted by Crippen LogP contribution is 2.25. The molecular weight excluding hydrogens is 342 g/mol. The third-order valence-electron chi connectivity index (χ3n) is 5.23. The van der Waals surface area contributed by atoms with E-state index in [4.69, 9.17) is 0 Å². The Labute approximate surface area is 158 Å². The Kier molecular flexibility index (Phi) is 6.27. The summed E-state index contributed by atoms with van der Waals surface area (Å²) in [6.45, 7) is 2.93. The fourth-order valence-corrected chi connectivity index (χ4v) is 3.80. The van der Waals surface area contributed by atoms with Gasteiger partial charge in [0, 0.05) is 37.8 Å². The number of amides is 1. The monoisotopic (exact) mass is 369 g/mol. The second-order valence-electron chi connectivity index (χ2n) is 7.36. The van der Waals surface area contributed by atoms with E-state index < -0.39 is 11.2 Å². The highest BCUT2D eigenvalue weighted by Gasteiger charge is 2.25. The first-order valence-electron chi connectivity index (χ1n) is 9.68. The zero-order valence-corrected chi connectivity index (χ0v) is 15.8. The maximum absolute atomic E-state index is 13.0. The Morgan fingerprint density at radius 3 is 2.67 bits per heavy atom. The SMILES string of the molecule is Cc1cccc(CN(C(=O)CCn2ccc(=O)[nH]c2=O)C2CCCCC2)c1. The molecule has 0 unspecified atom stereocenters. The van der Waals surface area contributed by atoms with Crippen molar-refractivity contribution in [2.75, 3.05) is 0 Å². The van der Waals surface area contributed by atoms with Crippen molar-refractivity contribution >= 4 is 5.91 Å². The molecule has 0 bridgehead atoms. The van der Waals surface area contributed by atoms with Crippen molar-refractivity contribution in [3.63, 3.8) is 0 Å². The molecule has 0 aliphatic heterocycles. The highest BCUT2D eigenvalue weighted by atomic mass is 16.2. The summed E-state index contributed by atoms with van der Waals surface area (Å²) in [7, 11) is 0. The summed E-state index contributed by atoms with van der Waals surface area (Å²) in [5.74, 6) is 0.0570. The van der Waals surface area contributed by atoms with Gasteiger partial charge in [-0.3, -0.25) is 14.6 Å². The number of benzene rings is 1. The number of nitrogens with one attached hydrogen (secondary N) is 1. The zero-order chi connectivity index (χ0) is 19.2. The molecule has 0 spiro atoms. The maximum atomic E-state index is 13.0. The molecule has 1 heterocycles. The van der Waals surface area contributed by atoms with Crippen molar-refractivity contribution in [1.29, 1.82) is 0 Å². The third kappa shape index (κ3) is 5.18. The van der Waals surface area contributed by atoms with Gasteiger partial charge in [-0.15, -0.1) is 0 Å². The van der Waals surface area contributed by atoms with Crippen molar-refractivity contribution < 1.29 is 4.79 Å².